The van der Waals surface area contributed by atoms with E-state index in [0.717, 1.165) is 0 Å². The van der Waals surface area contributed by atoms with E-state index in [-0.39, 0.29) is 47.5 Å². The van der Waals surface area contributed by atoms with Gasteiger partial charge in [0.05, 0.1) is 13.1 Å². The Balaban J connectivity index is 0.000000228. The smallest absolute Gasteiger partial charge is 0.339 e. The van der Waals surface area contributed by atoms with Crippen molar-refractivity contribution in [3.63, 3.8) is 0 Å². The number of carbonyl (C=O) groups is 4. The van der Waals surface area contributed by atoms with Gasteiger partial charge in [0.2, 0.25) is 11.8 Å². The minimum Gasteiger partial charge on any atom is -0.507 e. The molecule has 0 bridgehead atoms. The van der Waals surface area contributed by atoms with Crippen LogP contribution in [0.4, 0.5) is 0 Å². The number of amides is 2. The first-order valence-electron chi connectivity index (χ1n) is 7.98. The number of phenols is 2. The number of aromatic hydroxyl groups is 2. The summed E-state index contributed by atoms with van der Waals surface area (Å²) in [6, 6.07) is 7.71. The first-order valence-corrected chi connectivity index (χ1v) is 8.74. The summed E-state index contributed by atoms with van der Waals surface area (Å²) in [6.07, 6.45) is 0. The summed E-state index contributed by atoms with van der Waals surface area (Å²) in [4.78, 5) is 41.3. The van der Waals surface area contributed by atoms with Crippen LogP contribution in [-0.2, 0) is 9.59 Å². The van der Waals surface area contributed by atoms with E-state index in [9.17, 15) is 19.2 Å². The van der Waals surface area contributed by atoms with Crippen LogP contribution in [0.3, 0.4) is 0 Å². The molecule has 1 aliphatic rings. The van der Waals surface area contributed by atoms with Crippen molar-refractivity contribution < 1.29 is 39.6 Å². The molecule has 1 aliphatic heterocycles. The number of carboxylic acid groups (broad SMARTS) is 2. The number of carbonyl (C=O) groups excluding carboxylic acids is 2. The van der Waals surface area contributed by atoms with Crippen molar-refractivity contribution >= 4 is 47.0 Å². The molecule has 2 aromatic rings. The third-order valence-electron chi connectivity index (χ3n) is 3.27. The van der Waals surface area contributed by atoms with Gasteiger partial charge in [0, 0.05) is 10.0 Å². The number of carboxylic acids is 2. The van der Waals surface area contributed by atoms with Gasteiger partial charge in [0.25, 0.3) is 0 Å². The molecule has 12 heteroatoms. The molecule has 0 aromatic heterocycles. The molecule has 1 heterocycles. The quantitative estimate of drug-likeness (QED) is 0.394. The molecule has 0 spiro atoms. The lowest BCUT2D eigenvalue weighted by atomic mass is 10.2. The van der Waals surface area contributed by atoms with E-state index in [0.29, 0.717) is 10.0 Å². The van der Waals surface area contributed by atoms with Crippen LogP contribution in [0.5, 0.6) is 11.5 Å². The normalized spacial score (nSPS) is 12.2. The summed E-state index contributed by atoms with van der Waals surface area (Å²) in [5.74, 6) is -3.17. The Labute approximate surface area is 179 Å². The summed E-state index contributed by atoms with van der Waals surface area (Å²) in [5.41, 5.74) is -0.366. The summed E-state index contributed by atoms with van der Waals surface area (Å²) in [7, 11) is 0. The maximum absolute atomic E-state index is 10.4. The van der Waals surface area contributed by atoms with E-state index < -0.39 is 11.9 Å². The van der Waals surface area contributed by atoms with Gasteiger partial charge >= 0.3 is 11.9 Å². The maximum atomic E-state index is 10.4. The Morgan fingerprint density at radius 1 is 0.733 bits per heavy atom. The first-order chi connectivity index (χ1) is 14.0. The van der Waals surface area contributed by atoms with Crippen molar-refractivity contribution in [1.29, 1.82) is 0 Å². The average Bonchev–Trinajstić information content (AvgIpc) is 2.68. The standard InChI is InChI=1S/2C7H5ClO3.C4H6N2O2/c2*8-4-1-2-6(9)5(3-4)7(10)11;7-3-1-5-4(8)2-6-3/h2*1-3,9H,(H,10,11);1-2H2,(H,5,8)(H,6,7). The van der Waals surface area contributed by atoms with Gasteiger partial charge in [-0.2, -0.15) is 0 Å². The molecule has 3 rings (SSSR count). The zero-order valence-corrected chi connectivity index (χ0v) is 16.6. The number of aromatic carboxylic acids is 2. The Morgan fingerprint density at radius 2 is 1.07 bits per heavy atom. The molecular weight excluding hydrogens is 443 g/mol. The molecule has 2 amide bonds. The van der Waals surface area contributed by atoms with Gasteiger partial charge in [-0.1, -0.05) is 23.2 Å². The van der Waals surface area contributed by atoms with E-state index in [2.05, 4.69) is 10.6 Å². The van der Waals surface area contributed by atoms with Crippen molar-refractivity contribution in [3.05, 3.63) is 57.6 Å². The van der Waals surface area contributed by atoms with Gasteiger partial charge in [0.15, 0.2) is 0 Å². The third-order valence-corrected chi connectivity index (χ3v) is 3.74. The van der Waals surface area contributed by atoms with Crippen LogP contribution in [0.1, 0.15) is 20.7 Å². The highest BCUT2D eigenvalue weighted by Crippen LogP contribution is 2.21. The van der Waals surface area contributed by atoms with E-state index in [1.807, 2.05) is 0 Å². The van der Waals surface area contributed by atoms with Crippen LogP contribution in [0.15, 0.2) is 36.4 Å². The van der Waals surface area contributed by atoms with Crippen LogP contribution in [0.2, 0.25) is 10.0 Å². The average molecular weight is 459 g/mol. The number of nitrogens with one attached hydrogen (secondary N) is 2. The first kappa shape index (κ1) is 24.5. The second-order valence-electron chi connectivity index (χ2n) is 5.49. The number of hydrogen-bond donors (Lipinski definition) is 6. The highest BCUT2D eigenvalue weighted by atomic mass is 35.5. The van der Waals surface area contributed by atoms with Crippen LogP contribution in [0, 0.1) is 0 Å². The lowest BCUT2D eigenvalue weighted by Crippen LogP contribution is -2.48. The third kappa shape index (κ3) is 8.25. The fourth-order valence-electron chi connectivity index (χ4n) is 1.84. The largest absolute Gasteiger partial charge is 0.507 e. The molecule has 2 aromatic carbocycles. The second kappa shape index (κ2) is 11.5. The zero-order chi connectivity index (χ0) is 22.8. The lowest BCUT2D eigenvalue weighted by molar-refractivity contribution is -0.130. The van der Waals surface area contributed by atoms with Crippen molar-refractivity contribution in [2.24, 2.45) is 0 Å². The van der Waals surface area contributed by atoms with Crippen molar-refractivity contribution in [2.75, 3.05) is 13.1 Å². The second-order valence-corrected chi connectivity index (χ2v) is 6.36. The molecule has 6 N–H and O–H groups in total. The minimum atomic E-state index is -1.19. The highest BCUT2D eigenvalue weighted by Gasteiger charge is 2.11. The summed E-state index contributed by atoms with van der Waals surface area (Å²) in [6.45, 7) is 0.248. The van der Waals surface area contributed by atoms with E-state index in [1.165, 1.54) is 36.4 Å². The predicted molar refractivity (Wildman–Crippen MR) is 106 cm³/mol. The molecule has 0 radical (unpaired) electrons. The van der Waals surface area contributed by atoms with Gasteiger partial charge in [-0.3, -0.25) is 9.59 Å². The molecule has 1 fully saturated rings. The number of rotatable bonds is 2. The fraction of sp³-hybridized carbons (Fsp3) is 0.111. The summed E-state index contributed by atoms with van der Waals surface area (Å²) < 4.78 is 0. The molecule has 0 atom stereocenters. The Morgan fingerprint density at radius 3 is 1.30 bits per heavy atom. The monoisotopic (exact) mass is 458 g/mol. The molecule has 0 saturated carbocycles. The van der Waals surface area contributed by atoms with Gasteiger partial charge in [0.1, 0.15) is 22.6 Å². The zero-order valence-electron chi connectivity index (χ0n) is 15.1. The summed E-state index contributed by atoms with van der Waals surface area (Å²) >= 11 is 11.0. The van der Waals surface area contributed by atoms with Crippen LogP contribution in [-0.4, -0.2) is 57.3 Å². The van der Waals surface area contributed by atoms with Crippen molar-refractivity contribution in [1.82, 2.24) is 10.6 Å². The van der Waals surface area contributed by atoms with Crippen LogP contribution < -0.4 is 10.6 Å². The van der Waals surface area contributed by atoms with E-state index in [4.69, 9.17) is 43.6 Å². The minimum absolute atomic E-state index is 0.121. The van der Waals surface area contributed by atoms with Crippen LogP contribution >= 0.6 is 23.2 Å². The van der Waals surface area contributed by atoms with Gasteiger partial charge < -0.3 is 31.1 Å². The highest BCUT2D eigenvalue weighted by molar-refractivity contribution is 6.31. The Bertz CT molecular complexity index is 876. The number of halogens is 2. The Kier molecular flexibility index (Phi) is 9.40. The molecule has 1 saturated heterocycles. The Hall–Kier alpha value is -3.50. The molecule has 30 heavy (non-hydrogen) atoms. The molecular formula is C18H16Cl2N2O8. The van der Waals surface area contributed by atoms with E-state index >= 15 is 0 Å². The molecule has 10 nitrogen and oxygen atoms in total. The molecule has 0 aliphatic carbocycles. The number of benzene rings is 2. The van der Waals surface area contributed by atoms with Gasteiger partial charge in [-0.05, 0) is 36.4 Å². The predicted octanol–water partition coefficient (Wildman–Crippen LogP) is 1.72. The van der Waals surface area contributed by atoms with Gasteiger partial charge in [-0.15, -0.1) is 0 Å². The SMILES string of the molecule is O=C(O)c1cc(Cl)ccc1O.O=C(O)c1cc(Cl)ccc1O.O=C1CNC(=O)CN1. The molecule has 160 valence electrons. The van der Waals surface area contributed by atoms with Crippen molar-refractivity contribution in [3.8, 4) is 11.5 Å². The lowest BCUT2D eigenvalue weighted by Gasteiger charge is -2.10. The topological polar surface area (TPSA) is 173 Å². The summed E-state index contributed by atoms with van der Waals surface area (Å²) in [5, 5.41) is 40.2. The van der Waals surface area contributed by atoms with E-state index in [1.54, 1.807) is 0 Å². The van der Waals surface area contributed by atoms with Crippen LogP contribution in [0.25, 0.3) is 0 Å². The fourth-order valence-corrected chi connectivity index (χ4v) is 2.19. The maximum Gasteiger partial charge on any atom is 0.339 e. The molecule has 0 unspecified atom stereocenters. The number of hydrogen-bond acceptors (Lipinski definition) is 6. The number of piperazine rings is 1. The van der Waals surface area contributed by atoms with Crippen molar-refractivity contribution in [2.45, 2.75) is 0 Å². The van der Waals surface area contributed by atoms with Gasteiger partial charge in [-0.25, -0.2) is 9.59 Å².